The number of hydrogen-bond donors (Lipinski definition) is 0. The van der Waals surface area contributed by atoms with Crippen LogP contribution in [-0.4, -0.2) is 41.5 Å². The number of pyridine rings is 1. The largest absolute Gasteiger partial charge is 0.466 e. The van der Waals surface area contributed by atoms with Gasteiger partial charge in [0.2, 0.25) is 5.91 Å². The Bertz CT molecular complexity index is 629. The maximum Gasteiger partial charge on any atom is 0.309 e. The Kier molecular flexibility index (Phi) is 4.97. The van der Waals surface area contributed by atoms with E-state index in [-0.39, 0.29) is 35.5 Å². The van der Waals surface area contributed by atoms with Crippen molar-refractivity contribution in [2.24, 2.45) is 23.7 Å². The summed E-state index contributed by atoms with van der Waals surface area (Å²) < 4.78 is 5.27. The highest BCUT2D eigenvalue weighted by Gasteiger charge is 2.45. The van der Waals surface area contributed by atoms with Gasteiger partial charge < -0.3 is 9.64 Å². The molecule has 24 heavy (non-hydrogen) atoms. The lowest BCUT2D eigenvalue weighted by Gasteiger charge is -2.31. The molecule has 1 aliphatic heterocycles. The molecule has 0 N–H and O–H groups in total. The van der Waals surface area contributed by atoms with Crippen LogP contribution in [0, 0.1) is 23.7 Å². The first-order valence-corrected chi connectivity index (χ1v) is 8.61. The molecular weight excluding hydrogens is 304 g/mol. The van der Waals surface area contributed by atoms with E-state index >= 15 is 0 Å². The zero-order chi connectivity index (χ0) is 17.1. The second kappa shape index (κ2) is 7.16. The van der Waals surface area contributed by atoms with Gasteiger partial charge in [0, 0.05) is 25.5 Å². The van der Waals surface area contributed by atoms with Gasteiger partial charge in [0.15, 0.2) is 0 Å². The van der Waals surface area contributed by atoms with Crippen LogP contribution in [0.25, 0.3) is 0 Å². The molecular formula is C19H24N2O3. The molecule has 0 unspecified atom stereocenters. The minimum Gasteiger partial charge on any atom is -0.466 e. The van der Waals surface area contributed by atoms with Crippen molar-refractivity contribution in [3.8, 4) is 0 Å². The van der Waals surface area contributed by atoms with Gasteiger partial charge in [-0.2, -0.15) is 0 Å². The zero-order valence-corrected chi connectivity index (χ0v) is 14.2. The molecule has 3 rings (SSSR count). The van der Waals surface area contributed by atoms with Crippen LogP contribution in [-0.2, 0) is 20.7 Å². The topological polar surface area (TPSA) is 59.5 Å². The number of carbonyl (C=O) groups excluding carboxylic acids is 2. The van der Waals surface area contributed by atoms with E-state index in [2.05, 4.69) is 24.1 Å². The molecule has 1 fully saturated rings. The minimum absolute atomic E-state index is 0.0982. The average molecular weight is 328 g/mol. The molecule has 128 valence electrons. The SMILES string of the molecule is CCOC(=O)[C@@H]1[C@H]2CN(C(=O)Cc3cccnc3)C[C@@H]2C=C[C@@H]1C. The lowest BCUT2D eigenvalue weighted by Crippen LogP contribution is -2.37. The van der Waals surface area contributed by atoms with E-state index in [9.17, 15) is 9.59 Å². The van der Waals surface area contributed by atoms with Gasteiger partial charge in [-0.25, -0.2) is 0 Å². The van der Waals surface area contributed by atoms with Crippen LogP contribution in [0.5, 0.6) is 0 Å². The lowest BCUT2D eigenvalue weighted by molar-refractivity contribution is -0.152. The zero-order valence-electron chi connectivity index (χ0n) is 14.2. The average Bonchev–Trinajstić information content (AvgIpc) is 3.00. The molecule has 1 aromatic rings. The second-order valence-corrected chi connectivity index (χ2v) is 6.69. The number of carbonyl (C=O) groups is 2. The van der Waals surface area contributed by atoms with Crippen LogP contribution in [0.4, 0.5) is 0 Å². The number of rotatable bonds is 4. The number of likely N-dealkylation sites (tertiary alicyclic amines) is 1. The van der Waals surface area contributed by atoms with Crippen molar-refractivity contribution in [3.05, 3.63) is 42.2 Å². The van der Waals surface area contributed by atoms with Gasteiger partial charge in [0.25, 0.3) is 0 Å². The molecule has 1 aromatic heterocycles. The van der Waals surface area contributed by atoms with Crippen LogP contribution in [0.15, 0.2) is 36.7 Å². The number of hydrogen-bond acceptors (Lipinski definition) is 4. The third-order valence-electron chi connectivity index (χ3n) is 5.09. The van der Waals surface area contributed by atoms with E-state index in [1.807, 2.05) is 24.0 Å². The Balaban J connectivity index is 1.69. The first kappa shape index (κ1) is 16.7. The van der Waals surface area contributed by atoms with E-state index in [1.54, 1.807) is 12.4 Å². The molecule has 0 aromatic carbocycles. The third-order valence-corrected chi connectivity index (χ3v) is 5.09. The van der Waals surface area contributed by atoms with E-state index in [0.29, 0.717) is 26.1 Å². The van der Waals surface area contributed by atoms with Crippen molar-refractivity contribution >= 4 is 11.9 Å². The fourth-order valence-electron chi connectivity index (χ4n) is 3.89. The summed E-state index contributed by atoms with van der Waals surface area (Å²) in [4.78, 5) is 30.9. The molecule has 2 aliphatic rings. The van der Waals surface area contributed by atoms with Gasteiger partial charge in [-0.1, -0.05) is 25.1 Å². The number of aromatic nitrogens is 1. The molecule has 0 bridgehead atoms. The van der Waals surface area contributed by atoms with Crippen LogP contribution in [0.2, 0.25) is 0 Å². The smallest absolute Gasteiger partial charge is 0.309 e. The standard InChI is InChI=1S/C19H24N2O3/c1-3-24-19(23)18-13(2)6-7-15-11-21(12-16(15)18)17(22)9-14-5-4-8-20-10-14/h4-8,10,13,15-16,18H,3,9,11-12H2,1-2H3/t13-,15-,16-,18-/m0/s1. The molecule has 4 atom stereocenters. The predicted molar refractivity (Wildman–Crippen MR) is 89.9 cm³/mol. The summed E-state index contributed by atoms with van der Waals surface area (Å²) in [5.74, 6) is 0.358. The normalized spacial score (nSPS) is 28.5. The van der Waals surface area contributed by atoms with Gasteiger partial charge in [-0.05, 0) is 36.3 Å². The number of fused-ring (bicyclic) bond motifs is 1. The summed E-state index contributed by atoms with van der Waals surface area (Å²) in [6.07, 6.45) is 8.05. The van der Waals surface area contributed by atoms with Gasteiger partial charge >= 0.3 is 5.97 Å². The predicted octanol–water partition coefficient (Wildman–Crippen LogP) is 2.08. The Hall–Kier alpha value is -2.17. The van der Waals surface area contributed by atoms with Crippen molar-refractivity contribution in [1.82, 2.24) is 9.88 Å². The monoisotopic (exact) mass is 328 g/mol. The first-order chi connectivity index (χ1) is 11.6. The second-order valence-electron chi connectivity index (χ2n) is 6.69. The van der Waals surface area contributed by atoms with Crippen molar-refractivity contribution in [3.63, 3.8) is 0 Å². The molecule has 2 heterocycles. The fourth-order valence-corrected chi connectivity index (χ4v) is 3.89. The Morgan fingerprint density at radius 1 is 1.33 bits per heavy atom. The Morgan fingerprint density at radius 3 is 2.88 bits per heavy atom. The summed E-state index contributed by atoms with van der Waals surface area (Å²) in [6.45, 7) is 5.59. The molecule has 5 nitrogen and oxygen atoms in total. The molecule has 5 heteroatoms. The number of esters is 1. The van der Waals surface area contributed by atoms with Gasteiger partial charge in [0.05, 0.1) is 18.9 Å². The molecule has 1 aliphatic carbocycles. The molecule has 0 spiro atoms. The number of ether oxygens (including phenoxy) is 1. The van der Waals surface area contributed by atoms with Crippen LogP contribution in [0.1, 0.15) is 19.4 Å². The molecule has 0 radical (unpaired) electrons. The van der Waals surface area contributed by atoms with Crippen molar-refractivity contribution in [2.75, 3.05) is 19.7 Å². The van der Waals surface area contributed by atoms with E-state index in [0.717, 1.165) is 5.56 Å². The van der Waals surface area contributed by atoms with Crippen molar-refractivity contribution in [2.45, 2.75) is 20.3 Å². The highest BCUT2D eigenvalue weighted by Crippen LogP contribution is 2.40. The van der Waals surface area contributed by atoms with Gasteiger partial charge in [-0.3, -0.25) is 14.6 Å². The van der Waals surface area contributed by atoms with E-state index < -0.39 is 0 Å². The summed E-state index contributed by atoms with van der Waals surface area (Å²) in [6, 6.07) is 3.75. The number of allylic oxidation sites excluding steroid dienone is 1. The summed E-state index contributed by atoms with van der Waals surface area (Å²) in [5.41, 5.74) is 0.920. The van der Waals surface area contributed by atoms with Crippen molar-refractivity contribution < 1.29 is 14.3 Å². The highest BCUT2D eigenvalue weighted by molar-refractivity contribution is 5.79. The van der Waals surface area contributed by atoms with Crippen LogP contribution < -0.4 is 0 Å². The van der Waals surface area contributed by atoms with Crippen LogP contribution >= 0.6 is 0 Å². The van der Waals surface area contributed by atoms with Gasteiger partial charge in [-0.15, -0.1) is 0 Å². The number of amides is 1. The lowest BCUT2D eigenvalue weighted by atomic mass is 9.72. The fraction of sp³-hybridized carbons (Fsp3) is 0.526. The molecule has 1 amide bonds. The third kappa shape index (κ3) is 3.35. The summed E-state index contributed by atoms with van der Waals surface area (Å²) in [7, 11) is 0. The first-order valence-electron chi connectivity index (χ1n) is 8.61. The van der Waals surface area contributed by atoms with Gasteiger partial charge in [0.1, 0.15) is 0 Å². The van der Waals surface area contributed by atoms with Crippen molar-refractivity contribution in [1.29, 1.82) is 0 Å². The minimum atomic E-state index is -0.156. The van der Waals surface area contributed by atoms with Crippen LogP contribution in [0.3, 0.4) is 0 Å². The molecule has 0 saturated carbocycles. The maximum atomic E-state index is 12.6. The summed E-state index contributed by atoms with van der Waals surface area (Å²) in [5, 5.41) is 0. The maximum absolute atomic E-state index is 12.6. The molecule has 1 saturated heterocycles. The summed E-state index contributed by atoms with van der Waals surface area (Å²) >= 11 is 0. The quantitative estimate of drug-likeness (QED) is 0.627. The Labute approximate surface area is 142 Å². The highest BCUT2D eigenvalue weighted by atomic mass is 16.5. The Morgan fingerprint density at radius 2 is 2.17 bits per heavy atom. The number of nitrogens with zero attached hydrogens (tertiary/aromatic N) is 2. The van der Waals surface area contributed by atoms with E-state index in [4.69, 9.17) is 4.74 Å². The van der Waals surface area contributed by atoms with E-state index in [1.165, 1.54) is 0 Å².